The van der Waals surface area contributed by atoms with Crippen molar-refractivity contribution in [2.75, 3.05) is 12.4 Å². The molecule has 2 unspecified atom stereocenters. The molecule has 2 aliphatic carbocycles. The van der Waals surface area contributed by atoms with E-state index in [1.54, 1.807) is 13.0 Å². The number of rotatable bonds is 9. The summed E-state index contributed by atoms with van der Waals surface area (Å²) in [6.07, 6.45) is 5.07. The van der Waals surface area contributed by atoms with Crippen molar-refractivity contribution in [2.45, 2.75) is 95.0 Å². The maximum Gasteiger partial charge on any atom is 1.00 e. The second-order valence-electron chi connectivity index (χ2n) is 10.5. The minimum absolute atomic E-state index is 0. The van der Waals surface area contributed by atoms with E-state index in [1.165, 1.54) is 0 Å². The molecule has 1 aromatic rings. The Labute approximate surface area is 232 Å². The number of ether oxygens (including phenoxy) is 1. The van der Waals surface area contributed by atoms with Gasteiger partial charge >= 0.3 is 29.6 Å². The summed E-state index contributed by atoms with van der Waals surface area (Å²) in [5.41, 5.74) is 0.668. The van der Waals surface area contributed by atoms with E-state index < -0.39 is 26.9 Å². The van der Waals surface area contributed by atoms with Gasteiger partial charge in [0.05, 0.1) is 11.0 Å². The molecular formula is C25H37NaO6S2. The molecule has 1 fully saturated rings. The first-order chi connectivity index (χ1) is 15.4. The summed E-state index contributed by atoms with van der Waals surface area (Å²) in [7, 11) is -4.44. The predicted molar refractivity (Wildman–Crippen MR) is 129 cm³/mol. The number of carbonyl (C=O) groups excluding carboxylic acids is 1. The summed E-state index contributed by atoms with van der Waals surface area (Å²) in [6, 6.07) is 3.46. The molecule has 0 saturated heterocycles. The fourth-order valence-electron chi connectivity index (χ4n) is 6.13. The molecule has 4 atom stereocenters. The number of hydrogen-bond acceptors (Lipinski definition) is 6. The number of aliphatic carboxylic acids is 1. The van der Waals surface area contributed by atoms with Crippen LogP contribution in [0.25, 0.3) is 0 Å². The van der Waals surface area contributed by atoms with E-state index in [4.69, 9.17) is 4.74 Å². The van der Waals surface area contributed by atoms with Gasteiger partial charge in [0.1, 0.15) is 0 Å². The molecule has 2 aliphatic rings. The third kappa shape index (κ3) is 5.74. The Hall–Kier alpha value is -0.0900. The van der Waals surface area contributed by atoms with Crippen molar-refractivity contribution in [1.29, 1.82) is 0 Å². The van der Waals surface area contributed by atoms with E-state index in [0.29, 0.717) is 31.4 Å². The summed E-state index contributed by atoms with van der Waals surface area (Å²) >= 11 is 4.25. The van der Waals surface area contributed by atoms with Gasteiger partial charge in [0.2, 0.25) is 0 Å². The molecule has 3 rings (SSSR count). The monoisotopic (exact) mass is 520 g/mol. The Kier molecular flexibility index (Phi) is 10.2. The fraction of sp³-hybridized carbons (Fsp3) is 0.720. The van der Waals surface area contributed by atoms with Crippen LogP contribution < -0.4 is 34.7 Å². The molecule has 0 radical (unpaired) electrons. The number of unbranched alkanes of at least 4 members (excludes halogenated alkanes) is 2. The van der Waals surface area contributed by atoms with Gasteiger partial charge in [-0.3, -0.25) is 4.55 Å². The summed E-state index contributed by atoms with van der Waals surface area (Å²) in [4.78, 5) is 12.2. The first-order valence-electron chi connectivity index (χ1n) is 12.0. The third-order valence-electron chi connectivity index (χ3n) is 8.01. The van der Waals surface area contributed by atoms with Crippen molar-refractivity contribution in [2.24, 2.45) is 11.3 Å². The van der Waals surface area contributed by atoms with Crippen LogP contribution in [0.5, 0.6) is 0 Å². The molecule has 0 bridgehead atoms. The SMILES string of the molecule is CC(C)c1cc2c(cc1S(=O)(=O)O)C1(C)CCC[C@@](C)(C(=O)[O-])[C@@H]1CC2OCCCCCS.[Na+]. The molecule has 1 N–H and O–H groups in total. The molecule has 6 nitrogen and oxygen atoms in total. The average molecular weight is 521 g/mol. The van der Waals surface area contributed by atoms with Gasteiger partial charge in [-0.2, -0.15) is 21.0 Å². The molecule has 0 spiro atoms. The van der Waals surface area contributed by atoms with Gasteiger partial charge in [-0.15, -0.1) is 0 Å². The van der Waals surface area contributed by atoms with Crippen LogP contribution in [0.3, 0.4) is 0 Å². The number of carbonyl (C=O) groups is 1. The standard InChI is InChI=1S/C25H38O6S2.Na/c1-16(2)17-13-18-19(14-21(17)33(28,29)30)24(3)9-8-10-25(4,23(26)27)22(24)15-20(18)31-11-6-5-7-12-32;/h13-14,16,20,22,32H,5-12,15H2,1-4H3,(H,26,27)(H,28,29,30);/q;+1/p-1/t20?,22-,24?,25-;/m1./s1. The summed E-state index contributed by atoms with van der Waals surface area (Å²) in [5, 5.41) is 12.3. The molecule has 0 aromatic heterocycles. The minimum atomic E-state index is -4.44. The van der Waals surface area contributed by atoms with Gasteiger partial charge in [0, 0.05) is 18.0 Å². The Morgan fingerprint density at radius 1 is 1.24 bits per heavy atom. The van der Waals surface area contributed by atoms with E-state index >= 15 is 0 Å². The second-order valence-corrected chi connectivity index (χ2v) is 12.4. The average Bonchev–Trinajstić information content (AvgIpc) is 2.72. The zero-order valence-electron chi connectivity index (χ0n) is 21.1. The normalized spacial score (nSPS) is 28.7. The summed E-state index contributed by atoms with van der Waals surface area (Å²) in [6.45, 7) is 8.12. The van der Waals surface area contributed by atoms with Gasteiger partial charge in [-0.05, 0) is 77.9 Å². The van der Waals surface area contributed by atoms with E-state index in [9.17, 15) is 22.9 Å². The van der Waals surface area contributed by atoms with Crippen molar-refractivity contribution in [1.82, 2.24) is 0 Å². The first kappa shape index (κ1) is 30.1. The smallest absolute Gasteiger partial charge is 0.550 e. The van der Waals surface area contributed by atoms with Crippen molar-refractivity contribution in [3.63, 3.8) is 0 Å². The topological polar surface area (TPSA) is 104 Å². The molecule has 0 aliphatic heterocycles. The van der Waals surface area contributed by atoms with Gasteiger partial charge in [0.15, 0.2) is 0 Å². The maximum atomic E-state index is 12.3. The van der Waals surface area contributed by atoms with Crippen LogP contribution in [0.1, 0.15) is 101 Å². The minimum Gasteiger partial charge on any atom is -0.550 e. The fourth-order valence-corrected chi connectivity index (χ4v) is 7.21. The third-order valence-corrected chi connectivity index (χ3v) is 9.24. The molecule has 0 heterocycles. The zero-order valence-corrected chi connectivity index (χ0v) is 24.8. The van der Waals surface area contributed by atoms with Crippen LogP contribution in [-0.4, -0.2) is 31.3 Å². The Morgan fingerprint density at radius 2 is 1.91 bits per heavy atom. The number of thiol groups is 1. The van der Waals surface area contributed by atoms with E-state index in [-0.39, 0.29) is 52.4 Å². The number of carboxylic acid groups (broad SMARTS) is 1. The van der Waals surface area contributed by atoms with Crippen molar-refractivity contribution < 1.29 is 57.2 Å². The quantitative estimate of drug-likeness (QED) is 0.221. The second kappa shape index (κ2) is 11.5. The number of benzene rings is 1. The van der Waals surface area contributed by atoms with Crippen LogP contribution in [0, 0.1) is 11.3 Å². The molecule has 1 aromatic carbocycles. The Bertz CT molecular complexity index is 995. The van der Waals surface area contributed by atoms with Crippen LogP contribution in [0.15, 0.2) is 17.0 Å². The van der Waals surface area contributed by atoms with Gasteiger partial charge in [0.25, 0.3) is 10.1 Å². The zero-order chi connectivity index (χ0) is 24.6. The maximum absolute atomic E-state index is 12.3. The number of fused-ring (bicyclic) bond motifs is 3. The largest absolute Gasteiger partial charge is 1.00 e. The van der Waals surface area contributed by atoms with Crippen LogP contribution in [0.4, 0.5) is 0 Å². The predicted octanol–water partition coefficient (Wildman–Crippen LogP) is 1.44. The van der Waals surface area contributed by atoms with Gasteiger partial charge in [-0.1, -0.05) is 46.6 Å². The van der Waals surface area contributed by atoms with E-state index in [0.717, 1.165) is 42.6 Å². The van der Waals surface area contributed by atoms with Crippen LogP contribution in [0.2, 0.25) is 0 Å². The Morgan fingerprint density at radius 3 is 2.47 bits per heavy atom. The Balaban J connectivity index is 0.00000408. The van der Waals surface area contributed by atoms with Crippen molar-refractivity contribution in [3.05, 3.63) is 28.8 Å². The molecule has 186 valence electrons. The molecule has 1 saturated carbocycles. The molecule has 9 heteroatoms. The van der Waals surface area contributed by atoms with Crippen LogP contribution in [-0.2, 0) is 25.1 Å². The van der Waals surface area contributed by atoms with Crippen LogP contribution >= 0.6 is 12.6 Å². The van der Waals surface area contributed by atoms with E-state index in [1.807, 2.05) is 26.8 Å². The number of hydrogen-bond donors (Lipinski definition) is 2. The van der Waals surface area contributed by atoms with E-state index in [2.05, 4.69) is 12.6 Å². The van der Waals surface area contributed by atoms with Crippen molar-refractivity contribution >= 4 is 28.7 Å². The van der Waals surface area contributed by atoms with Gasteiger partial charge < -0.3 is 14.6 Å². The molecule has 0 amide bonds. The summed E-state index contributed by atoms with van der Waals surface area (Å²) < 4.78 is 41.0. The molecule has 34 heavy (non-hydrogen) atoms. The number of carboxylic acids is 1. The first-order valence-corrected chi connectivity index (χ1v) is 14.0. The summed E-state index contributed by atoms with van der Waals surface area (Å²) in [5.74, 6) is -0.623. The van der Waals surface area contributed by atoms with Crippen molar-refractivity contribution in [3.8, 4) is 0 Å². The van der Waals surface area contributed by atoms with Gasteiger partial charge in [-0.25, -0.2) is 0 Å². The molecular weight excluding hydrogens is 483 g/mol.